The first-order valence-corrected chi connectivity index (χ1v) is 11.0. The highest BCUT2D eigenvalue weighted by Gasteiger charge is 2.30. The topological polar surface area (TPSA) is 58.1 Å². The van der Waals surface area contributed by atoms with Crippen molar-refractivity contribution in [3.63, 3.8) is 0 Å². The van der Waals surface area contributed by atoms with Crippen LogP contribution in [0.15, 0.2) is 35.5 Å². The molecule has 5 nitrogen and oxygen atoms in total. The zero-order valence-corrected chi connectivity index (χ0v) is 17.0. The van der Waals surface area contributed by atoms with Crippen molar-refractivity contribution in [1.29, 1.82) is 0 Å². The second-order valence-electron chi connectivity index (χ2n) is 6.59. The molecule has 1 aliphatic heterocycles. The van der Waals surface area contributed by atoms with Crippen molar-refractivity contribution < 1.29 is 18.0 Å². The van der Waals surface area contributed by atoms with Crippen LogP contribution in [0.2, 0.25) is 0 Å². The summed E-state index contributed by atoms with van der Waals surface area (Å²) >= 11 is 2.70. The van der Waals surface area contributed by atoms with Gasteiger partial charge in [0.25, 0.3) is 5.91 Å². The SMILES string of the molecule is CSc1nc(N2CCCC2)c2cc(C(=O)Nc3ccc(C(F)(F)F)cc3)sc2n1. The molecule has 1 amide bonds. The molecule has 1 saturated heterocycles. The average molecular weight is 439 g/mol. The van der Waals surface area contributed by atoms with Gasteiger partial charge in [-0.2, -0.15) is 13.2 Å². The van der Waals surface area contributed by atoms with Gasteiger partial charge in [-0.25, -0.2) is 9.97 Å². The number of anilines is 2. The van der Waals surface area contributed by atoms with Crippen molar-refractivity contribution in [2.75, 3.05) is 29.6 Å². The number of benzene rings is 1. The van der Waals surface area contributed by atoms with Crippen molar-refractivity contribution in [3.8, 4) is 0 Å². The smallest absolute Gasteiger partial charge is 0.356 e. The van der Waals surface area contributed by atoms with E-state index in [-0.39, 0.29) is 5.91 Å². The summed E-state index contributed by atoms with van der Waals surface area (Å²) in [5, 5.41) is 4.13. The monoisotopic (exact) mass is 438 g/mol. The maximum Gasteiger partial charge on any atom is 0.416 e. The number of halogens is 3. The Morgan fingerprint density at radius 2 is 1.86 bits per heavy atom. The lowest BCUT2D eigenvalue weighted by Gasteiger charge is -2.17. The fourth-order valence-corrected chi connectivity index (χ4v) is 4.53. The van der Waals surface area contributed by atoms with Gasteiger partial charge in [0.2, 0.25) is 0 Å². The predicted molar refractivity (Wildman–Crippen MR) is 110 cm³/mol. The van der Waals surface area contributed by atoms with Gasteiger partial charge in [0.1, 0.15) is 10.6 Å². The number of amides is 1. The number of aromatic nitrogens is 2. The quantitative estimate of drug-likeness (QED) is 0.443. The van der Waals surface area contributed by atoms with E-state index in [1.165, 1.54) is 35.2 Å². The van der Waals surface area contributed by atoms with Crippen LogP contribution in [-0.4, -0.2) is 35.2 Å². The minimum Gasteiger partial charge on any atom is -0.356 e. The summed E-state index contributed by atoms with van der Waals surface area (Å²) in [6.45, 7) is 1.84. The summed E-state index contributed by atoms with van der Waals surface area (Å²) in [6.07, 6.45) is -0.300. The van der Waals surface area contributed by atoms with Crippen LogP contribution in [0.4, 0.5) is 24.7 Å². The Balaban J connectivity index is 1.62. The highest BCUT2D eigenvalue weighted by atomic mass is 32.2. The van der Waals surface area contributed by atoms with E-state index >= 15 is 0 Å². The normalized spacial score (nSPS) is 14.6. The molecule has 1 aromatic carbocycles. The fraction of sp³-hybridized carbons (Fsp3) is 0.316. The second kappa shape index (κ2) is 7.83. The Labute approximate surface area is 173 Å². The van der Waals surface area contributed by atoms with E-state index in [9.17, 15) is 18.0 Å². The second-order valence-corrected chi connectivity index (χ2v) is 8.39. The third-order valence-electron chi connectivity index (χ3n) is 4.63. The highest BCUT2D eigenvalue weighted by molar-refractivity contribution is 7.98. The van der Waals surface area contributed by atoms with Crippen LogP contribution in [0.3, 0.4) is 0 Å². The third kappa shape index (κ3) is 4.18. The summed E-state index contributed by atoms with van der Waals surface area (Å²) < 4.78 is 38.1. The van der Waals surface area contributed by atoms with E-state index in [0.717, 1.165) is 54.1 Å². The van der Waals surface area contributed by atoms with Gasteiger partial charge in [-0.1, -0.05) is 11.8 Å². The number of nitrogens with zero attached hydrogens (tertiary/aromatic N) is 3. The maximum atomic E-state index is 12.7. The molecule has 1 fully saturated rings. The molecule has 0 saturated carbocycles. The molecule has 152 valence electrons. The summed E-state index contributed by atoms with van der Waals surface area (Å²) in [4.78, 5) is 25.2. The first-order valence-electron chi connectivity index (χ1n) is 8.94. The van der Waals surface area contributed by atoms with Gasteiger partial charge in [-0.15, -0.1) is 11.3 Å². The molecular weight excluding hydrogens is 421 g/mol. The van der Waals surface area contributed by atoms with Gasteiger partial charge in [-0.05, 0) is 49.4 Å². The van der Waals surface area contributed by atoms with Crippen LogP contribution in [0.5, 0.6) is 0 Å². The highest BCUT2D eigenvalue weighted by Crippen LogP contribution is 2.35. The number of hydrogen-bond donors (Lipinski definition) is 1. The van der Waals surface area contributed by atoms with Gasteiger partial charge in [-0.3, -0.25) is 4.79 Å². The molecule has 29 heavy (non-hydrogen) atoms. The lowest BCUT2D eigenvalue weighted by atomic mass is 10.2. The molecular formula is C19H17F3N4OS2. The Morgan fingerprint density at radius 1 is 1.17 bits per heavy atom. The summed E-state index contributed by atoms with van der Waals surface area (Å²) in [6, 6.07) is 6.15. The predicted octanol–water partition coefficient (Wildman–Crippen LogP) is 5.28. The van der Waals surface area contributed by atoms with Crippen molar-refractivity contribution >= 4 is 50.7 Å². The number of thiophene rings is 1. The largest absolute Gasteiger partial charge is 0.416 e. The molecule has 10 heteroatoms. The molecule has 1 aliphatic rings. The van der Waals surface area contributed by atoms with Crippen LogP contribution < -0.4 is 10.2 Å². The molecule has 2 aromatic heterocycles. The molecule has 0 radical (unpaired) electrons. The van der Waals surface area contributed by atoms with E-state index in [1.807, 2.05) is 6.26 Å². The standard InChI is InChI=1S/C19H17F3N4OS2/c1-28-18-24-15(26-8-2-3-9-26)13-10-14(29-17(13)25-18)16(27)23-12-6-4-11(5-7-12)19(20,21)22/h4-7,10H,2-3,8-9H2,1H3,(H,23,27). The molecule has 3 heterocycles. The van der Waals surface area contributed by atoms with E-state index in [0.29, 0.717) is 15.7 Å². The van der Waals surface area contributed by atoms with Gasteiger partial charge in [0.05, 0.1) is 15.8 Å². The van der Waals surface area contributed by atoms with Crippen molar-refractivity contribution in [1.82, 2.24) is 9.97 Å². The molecule has 0 unspecified atom stereocenters. The number of carbonyl (C=O) groups excluding carboxylic acids is 1. The van der Waals surface area contributed by atoms with Gasteiger partial charge >= 0.3 is 6.18 Å². The van der Waals surface area contributed by atoms with Crippen LogP contribution in [0.25, 0.3) is 10.2 Å². The van der Waals surface area contributed by atoms with E-state index in [1.54, 1.807) is 6.07 Å². The number of rotatable bonds is 4. The average Bonchev–Trinajstić information content (AvgIpc) is 3.36. The molecule has 0 spiro atoms. The van der Waals surface area contributed by atoms with Gasteiger partial charge in [0, 0.05) is 18.8 Å². The van der Waals surface area contributed by atoms with Crippen LogP contribution >= 0.6 is 23.1 Å². The Hall–Kier alpha value is -2.33. The lowest BCUT2D eigenvalue weighted by Crippen LogP contribution is -2.19. The Morgan fingerprint density at radius 3 is 2.48 bits per heavy atom. The molecule has 1 N–H and O–H groups in total. The summed E-state index contributed by atoms with van der Waals surface area (Å²) in [7, 11) is 0. The third-order valence-corrected chi connectivity index (χ3v) is 6.21. The zero-order chi connectivity index (χ0) is 20.6. The zero-order valence-electron chi connectivity index (χ0n) is 15.4. The molecule has 4 rings (SSSR count). The first kappa shape index (κ1) is 20.0. The fourth-order valence-electron chi connectivity index (χ4n) is 3.20. The minimum absolute atomic E-state index is 0.302. The lowest BCUT2D eigenvalue weighted by molar-refractivity contribution is -0.137. The number of fused-ring (bicyclic) bond motifs is 1. The summed E-state index contributed by atoms with van der Waals surface area (Å²) in [5.74, 6) is 0.451. The Kier molecular flexibility index (Phi) is 5.39. The van der Waals surface area contributed by atoms with E-state index < -0.39 is 11.7 Å². The van der Waals surface area contributed by atoms with Crippen molar-refractivity contribution in [2.24, 2.45) is 0 Å². The maximum absolute atomic E-state index is 12.7. The number of thioether (sulfide) groups is 1. The number of carbonyl (C=O) groups is 1. The summed E-state index contributed by atoms with van der Waals surface area (Å²) in [5.41, 5.74) is -0.455. The van der Waals surface area contributed by atoms with Crippen molar-refractivity contribution in [2.45, 2.75) is 24.2 Å². The molecule has 0 atom stereocenters. The Bertz CT molecular complexity index is 1040. The van der Waals surface area contributed by atoms with Crippen LogP contribution in [0.1, 0.15) is 28.1 Å². The minimum atomic E-state index is -4.41. The van der Waals surface area contributed by atoms with Crippen molar-refractivity contribution in [3.05, 3.63) is 40.8 Å². The number of alkyl halides is 3. The van der Waals surface area contributed by atoms with Crippen LogP contribution in [0, 0.1) is 0 Å². The van der Waals surface area contributed by atoms with E-state index in [4.69, 9.17) is 0 Å². The van der Waals surface area contributed by atoms with Gasteiger partial charge < -0.3 is 10.2 Å². The molecule has 0 bridgehead atoms. The molecule has 0 aliphatic carbocycles. The number of hydrogen-bond acceptors (Lipinski definition) is 6. The molecule has 3 aromatic rings. The van der Waals surface area contributed by atoms with E-state index in [2.05, 4.69) is 20.2 Å². The first-order chi connectivity index (χ1) is 13.8. The van der Waals surface area contributed by atoms with Gasteiger partial charge in [0.15, 0.2) is 5.16 Å². The number of nitrogens with one attached hydrogen (secondary N) is 1. The van der Waals surface area contributed by atoms with Crippen LogP contribution in [-0.2, 0) is 6.18 Å².